The second-order valence-electron chi connectivity index (χ2n) is 8.38. The fraction of sp³-hybridized carbons (Fsp3) is 0.345. The summed E-state index contributed by atoms with van der Waals surface area (Å²) < 4.78 is 16.5. The summed E-state index contributed by atoms with van der Waals surface area (Å²) in [5.41, 5.74) is 2.66. The molecule has 0 aliphatic rings. The van der Waals surface area contributed by atoms with Crippen molar-refractivity contribution in [2.45, 2.75) is 52.4 Å². The van der Waals surface area contributed by atoms with E-state index in [1.54, 1.807) is 31.4 Å². The van der Waals surface area contributed by atoms with Gasteiger partial charge in [-0.15, -0.1) is 0 Å². The monoisotopic (exact) mass is 474 g/mol. The summed E-state index contributed by atoms with van der Waals surface area (Å²) in [5, 5.41) is 8.49. The van der Waals surface area contributed by atoms with Crippen LogP contribution in [0.4, 0.5) is 11.4 Å². The predicted octanol–water partition coefficient (Wildman–Crippen LogP) is 8.38. The number of esters is 1. The zero-order chi connectivity index (χ0) is 24.9. The number of nitrogens with zero attached hydrogens (tertiary/aromatic N) is 2. The number of benzene rings is 3. The number of carbonyl (C=O) groups is 1. The molecule has 6 heteroatoms. The standard InChI is InChI=1S/C29H34N2O4/c1-4-5-6-7-8-9-20-34-27-15-10-23(11-16-27)29(32)35-28-19-14-25(21-22(28)2)31-30-24-12-17-26(33-3)18-13-24/h10-19,21H,4-9,20H2,1-3H3. The number of aryl methyl sites for hydroxylation is 1. The lowest BCUT2D eigenvalue weighted by atomic mass is 10.1. The van der Waals surface area contributed by atoms with Crippen LogP contribution >= 0.6 is 0 Å². The number of hydrogen-bond acceptors (Lipinski definition) is 6. The Kier molecular flexibility index (Phi) is 10.3. The highest BCUT2D eigenvalue weighted by Crippen LogP contribution is 2.27. The molecule has 0 spiro atoms. The van der Waals surface area contributed by atoms with Gasteiger partial charge in [0.1, 0.15) is 17.2 Å². The maximum atomic E-state index is 12.6. The molecule has 0 N–H and O–H groups in total. The summed E-state index contributed by atoms with van der Waals surface area (Å²) >= 11 is 0. The van der Waals surface area contributed by atoms with Crippen molar-refractivity contribution in [3.05, 3.63) is 77.9 Å². The van der Waals surface area contributed by atoms with Crippen LogP contribution in [0.3, 0.4) is 0 Å². The number of azo groups is 1. The number of rotatable bonds is 13. The topological polar surface area (TPSA) is 69.5 Å². The Morgan fingerprint density at radius 1 is 0.771 bits per heavy atom. The van der Waals surface area contributed by atoms with Crippen LogP contribution in [0.1, 0.15) is 61.4 Å². The minimum atomic E-state index is -0.414. The highest BCUT2D eigenvalue weighted by atomic mass is 16.5. The van der Waals surface area contributed by atoms with Crippen molar-refractivity contribution in [2.24, 2.45) is 10.2 Å². The number of carbonyl (C=O) groups excluding carboxylic acids is 1. The predicted molar refractivity (Wildman–Crippen MR) is 139 cm³/mol. The molecule has 35 heavy (non-hydrogen) atoms. The van der Waals surface area contributed by atoms with Gasteiger partial charge in [0.25, 0.3) is 0 Å². The Hall–Kier alpha value is -3.67. The number of ether oxygens (including phenoxy) is 3. The van der Waals surface area contributed by atoms with Gasteiger partial charge >= 0.3 is 5.97 Å². The summed E-state index contributed by atoms with van der Waals surface area (Å²) in [6.45, 7) is 4.78. The first-order chi connectivity index (χ1) is 17.1. The van der Waals surface area contributed by atoms with E-state index in [0.29, 0.717) is 23.6 Å². The summed E-state index contributed by atoms with van der Waals surface area (Å²) in [6.07, 6.45) is 7.34. The van der Waals surface area contributed by atoms with Crippen molar-refractivity contribution < 1.29 is 19.0 Å². The Bertz CT molecular complexity index is 1090. The first-order valence-electron chi connectivity index (χ1n) is 12.2. The Balaban J connectivity index is 1.49. The number of hydrogen-bond donors (Lipinski definition) is 0. The van der Waals surface area contributed by atoms with E-state index >= 15 is 0 Å². The van der Waals surface area contributed by atoms with Crippen molar-refractivity contribution in [3.8, 4) is 17.2 Å². The van der Waals surface area contributed by atoms with Crippen molar-refractivity contribution in [2.75, 3.05) is 13.7 Å². The molecular formula is C29H34N2O4. The van der Waals surface area contributed by atoms with E-state index in [1.807, 2.05) is 49.4 Å². The summed E-state index contributed by atoms with van der Waals surface area (Å²) in [6, 6.07) is 19.7. The van der Waals surface area contributed by atoms with Crippen molar-refractivity contribution in [3.63, 3.8) is 0 Å². The maximum Gasteiger partial charge on any atom is 0.343 e. The smallest absolute Gasteiger partial charge is 0.343 e. The van der Waals surface area contributed by atoms with Gasteiger partial charge in [-0.1, -0.05) is 39.0 Å². The molecule has 0 aliphatic carbocycles. The summed E-state index contributed by atoms with van der Waals surface area (Å²) in [4.78, 5) is 12.6. The molecule has 0 heterocycles. The molecule has 3 aromatic rings. The van der Waals surface area contributed by atoms with Crippen LogP contribution in [-0.4, -0.2) is 19.7 Å². The fourth-order valence-corrected chi connectivity index (χ4v) is 3.49. The number of unbranched alkanes of at least 4 members (excludes halogenated alkanes) is 5. The zero-order valence-corrected chi connectivity index (χ0v) is 20.8. The Labute approximate surface area is 208 Å². The lowest BCUT2D eigenvalue weighted by molar-refractivity contribution is 0.0733. The van der Waals surface area contributed by atoms with Crippen LogP contribution < -0.4 is 14.2 Å². The molecule has 0 unspecified atom stereocenters. The quantitative estimate of drug-likeness (QED) is 0.108. The molecule has 0 radical (unpaired) electrons. The van der Waals surface area contributed by atoms with Gasteiger partial charge in [0.2, 0.25) is 0 Å². The fourth-order valence-electron chi connectivity index (χ4n) is 3.49. The van der Waals surface area contributed by atoms with E-state index in [4.69, 9.17) is 14.2 Å². The minimum Gasteiger partial charge on any atom is -0.497 e. The Morgan fingerprint density at radius 3 is 2.09 bits per heavy atom. The summed E-state index contributed by atoms with van der Waals surface area (Å²) in [7, 11) is 1.62. The van der Waals surface area contributed by atoms with Gasteiger partial charge in [0, 0.05) is 0 Å². The highest BCUT2D eigenvalue weighted by Gasteiger charge is 2.11. The van der Waals surface area contributed by atoms with Gasteiger partial charge < -0.3 is 14.2 Å². The number of methoxy groups -OCH3 is 1. The Morgan fingerprint density at radius 2 is 1.40 bits per heavy atom. The van der Waals surface area contributed by atoms with E-state index < -0.39 is 5.97 Å². The first kappa shape index (κ1) is 25.9. The van der Waals surface area contributed by atoms with Gasteiger partial charge in [0.15, 0.2) is 0 Å². The van der Waals surface area contributed by atoms with Crippen LogP contribution in [0.15, 0.2) is 77.0 Å². The lowest BCUT2D eigenvalue weighted by Crippen LogP contribution is -2.09. The average molecular weight is 475 g/mol. The third kappa shape index (κ3) is 8.56. The van der Waals surface area contributed by atoms with Crippen LogP contribution in [0.25, 0.3) is 0 Å². The minimum absolute atomic E-state index is 0.414. The molecule has 0 bridgehead atoms. The molecule has 0 aromatic heterocycles. The van der Waals surface area contributed by atoms with Gasteiger partial charge in [-0.05, 0) is 85.6 Å². The highest BCUT2D eigenvalue weighted by molar-refractivity contribution is 5.91. The normalized spacial score (nSPS) is 10.9. The van der Waals surface area contributed by atoms with Crippen LogP contribution in [0.2, 0.25) is 0 Å². The molecule has 0 aliphatic heterocycles. The van der Waals surface area contributed by atoms with Gasteiger partial charge in [0.05, 0.1) is 30.7 Å². The molecule has 0 saturated heterocycles. The van der Waals surface area contributed by atoms with Crippen LogP contribution in [-0.2, 0) is 0 Å². The van der Waals surface area contributed by atoms with E-state index in [1.165, 1.54) is 32.1 Å². The molecule has 6 nitrogen and oxygen atoms in total. The molecule has 3 aromatic carbocycles. The van der Waals surface area contributed by atoms with Gasteiger partial charge in [-0.3, -0.25) is 0 Å². The first-order valence-corrected chi connectivity index (χ1v) is 12.2. The van der Waals surface area contributed by atoms with Crippen molar-refractivity contribution >= 4 is 17.3 Å². The van der Waals surface area contributed by atoms with E-state index in [-0.39, 0.29) is 0 Å². The molecule has 3 rings (SSSR count). The summed E-state index contributed by atoms with van der Waals surface area (Å²) in [5.74, 6) is 1.60. The molecule has 0 atom stereocenters. The van der Waals surface area contributed by atoms with E-state index in [0.717, 1.165) is 29.2 Å². The van der Waals surface area contributed by atoms with E-state index in [9.17, 15) is 4.79 Å². The SMILES string of the molecule is CCCCCCCCOc1ccc(C(=O)Oc2ccc(N=Nc3ccc(OC)cc3)cc2C)cc1. The van der Waals surface area contributed by atoms with Crippen molar-refractivity contribution in [1.29, 1.82) is 0 Å². The largest absolute Gasteiger partial charge is 0.497 e. The second kappa shape index (κ2) is 13.9. The van der Waals surface area contributed by atoms with Crippen LogP contribution in [0, 0.1) is 6.92 Å². The average Bonchev–Trinajstić information content (AvgIpc) is 2.89. The molecule has 0 saturated carbocycles. The van der Waals surface area contributed by atoms with Crippen molar-refractivity contribution in [1.82, 2.24) is 0 Å². The third-order valence-electron chi connectivity index (χ3n) is 5.57. The second-order valence-corrected chi connectivity index (χ2v) is 8.38. The zero-order valence-electron chi connectivity index (χ0n) is 20.8. The third-order valence-corrected chi connectivity index (χ3v) is 5.57. The molecule has 0 fully saturated rings. The molecule has 0 amide bonds. The van der Waals surface area contributed by atoms with E-state index in [2.05, 4.69) is 17.2 Å². The van der Waals surface area contributed by atoms with Gasteiger partial charge in [-0.2, -0.15) is 10.2 Å². The lowest BCUT2D eigenvalue weighted by Gasteiger charge is -2.09. The molecular weight excluding hydrogens is 440 g/mol. The van der Waals surface area contributed by atoms with Crippen LogP contribution in [0.5, 0.6) is 17.2 Å². The van der Waals surface area contributed by atoms with Gasteiger partial charge in [-0.25, -0.2) is 4.79 Å². The maximum absolute atomic E-state index is 12.6. The molecule has 184 valence electrons.